The molecule has 134 valence electrons. The van der Waals surface area contributed by atoms with Crippen molar-refractivity contribution in [2.75, 3.05) is 6.61 Å². The molecule has 0 radical (unpaired) electrons. The molecule has 4 nitrogen and oxygen atoms in total. The number of aromatic nitrogens is 1. The Morgan fingerprint density at radius 1 is 1.08 bits per heavy atom. The summed E-state index contributed by atoms with van der Waals surface area (Å²) < 4.78 is 5.38. The SMILES string of the molecule is CCOCc1ccc(CNC(=O)c2ccc(-c3nc(C)cs3)cc2)cc1. The van der Waals surface area contributed by atoms with Gasteiger partial charge in [0.2, 0.25) is 0 Å². The number of benzene rings is 2. The molecule has 1 heterocycles. The smallest absolute Gasteiger partial charge is 0.251 e. The molecule has 3 aromatic rings. The van der Waals surface area contributed by atoms with Crippen LogP contribution in [0.5, 0.6) is 0 Å². The maximum Gasteiger partial charge on any atom is 0.251 e. The number of amides is 1. The molecule has 0 atom stereocenters. The van der Waals surface area contributed by atoms with Gasteiger partial charge < -0.3 is 10.1 Å². The Morgan fingerprint density at radius 3 is 2.38 bits per heavy atom. The molecule has 0 fully saturated rings. The number of hydrogen-bond acceptors (Lipinski definition) is 4. The quantitative estimate of drug-likeness (QED) is 0.666. The van der Waals surface area contributed by atoms with Crippen molar-refractivity contribution < 1.29 is 9.53 Å². The number of nitrogens with one attached hydrogen (secondary N) is 1. The lowest BCUT2D eigenvalue weighted by Gasteiger charge is -2.07. The van der Waals surface area contributed by atoms with Gasteiger partial charge in [-0.15, -0.1) is 11.3 Å². The van der Waals surface area contributed by atoms with Crippen molar-refractivity contribution in [1.29, 1.82) is 0 Å². The summed E-state index contributed by atoms with van der Waals surface area (Å²) in [7, 11) is 0. The zero-order valence-corrected chi connectivity index (χ0v) is 15.8. The Kier molecular flexibility index (Phi) is 6.15. The topological polar surface area (TPSA) is 51.2 Å². The van der Waals surface area contributed by atoms with Crippen LogP contribution in [0.4, 0.5) is 0 Å². The fourth-order valence-electron chi connectivity index (χ4n) is 2.51. The lowest BCUT2D eigenvalue weighted by molar-refractivity contribution is 0.0951. The molecule has 0 aliphatic heterocycles. The standard InChI is InChI=1S/C21H22N2O2S/c1-3-25-13-17-6-4-16(5-7-17)12-22-20(24)18-8-10-19(11-9-18)21-23-15(2)14-26-21/h4-11,14H,3,12-13H2,1-2H3,(H,22,24). The third-order valence-corrected chi connectivity index (χ3v) is 4.97. The van der Waals surface area contributed by atoms with Crippen LogP contribution in [0.3, 0.4) is 0 Å². The number of ether oxygens (including phenoxy) is 1. The number of rotatable bonds is 7. The van der Waals surface area contributed by atoms with Crippen molar-refractivity contribution >= 4 is 17.2 Å². The molecule has 0 aliphatic rings. The van der Waals surface area contributed by atoms with Crippen LogP contribution in [0, 0.1) is 6.92 Å². The maximum atomic E-state index is 12.3. The lowest BCUT2D eigenvalue weighted by atomic mass is 10.1. The van der Waals surface area contributed by atoms with Crippen LogP contribution in [-0.2, 0) is 17.9 Å². The van der Waals surface area contributed by atoms with Crippen LogP contribution in [-0.4, -0.2) is 17.5 Å². The van der Waals surface area contributed by atoms with E-state index in [-0.39, 0.29) is 5.91 Å². The summed E-state index contributed by atoms with van der Waals surface area (Å²) in [6, 6.07) is 15.7. The Morgan fingerprint density at radius 2 is 1.77 bits per heavy atom. The van der Waals surface area contributed by atoms with E-state index in [1.165, 1.54) is 0 Å². The second-order valence-electron chi connectivity index (χ2n) is 6.01. The molecule has 5 heteroatoms. The molecule has 0 saturated heterocycles. The van der Waals surface area contributed by atoms with Crippen molar-refractivity contribution in [3.05, 3.63) is 76.3 Å². The molecule has 1 amide bonds. The molecular formula is C21H22N2O2S. The number of nitrogens with zero attached hydrogens (tertiary/aromatic N) is 1. The molecule has 1 aromatic heterocycles. The number of hydrogen-bond donors (Lipinski definition) is 1. The number of thiazole rings is 1. The average molecular weight is 366 g/mol. The minimum absolute atomic E-state index is 0.0785. The highest BCUT2D eigenvalue weighted by atomic mass is 32.1. The number of carbonyl (C=O) groups excluding carboxylic acids is 1. The molecular weight excluding hydrogens is 344 g/mol. The largest absolute Gasteiger partial charge is 0.377 e. The molecule has 0 bridgehead atoms. The van der Waals surface area contributed by atoms with Gasteiger partial charge >= 0.3 is 0 Å². The predicted octanol–water partition coefficient (Wildman–Crippen LogP) is 4.59. The van der Waals surface area contributed by atoms with E-state index in [0.717, 1.165) is 27.4 Å². The van der Waals surface area contributed by atoms with Gasteiger partial charge in [0, 0.05) is 35.4 Å². The van der Waals surface area contributed by atoms with Crippen LogP contribution >= 0.6 is 11.3 Å². The van der Waals surface area contributed by atoms with Gasteiger partial charge in [0.05, 0.1) is 6.61 Å². The van der Waals surface area contributed by atoms with Crippen molar-refractivity contribution in [2.24, 2.45) is 0 Å². The molecule has 0 aliphatic carbocycles. The zero-order chi connectivity index (χ0) is 18.4. The first-order chi connectivity index (χ1) is 12.7. The first kappa shape index (κ1) is 18.3. The van der Waals surface area contributed by atoms with E-state index in [2.05, 4.69) is 10.3 Å². The van der Waals surface area contributed by atoms with E-state index in [0.29, 0.717) is 25.3 Å². The van der Waals surface area contributed by atoms with Gasteiger partial charge in [-0.3, -0.25) is 4.79 Å². The minimum atomic E-state index is -0.0785. The summed E-state index contributed by atoms with van der Waals surface area (Å²) in [4.78, 5) is 16.8. The van der Waals surface area contributed by atoms with Gasteiger partial charge in [-0.2, -0.15) is 0 Å². The number of aryl methyl sites for hydroxylation is 1. The van der Waals surface area contributed by atoms with Gasteiger partial charge in [-0.1, -0.05) is 36.4 Å². The van der Waals surface area contributed by atoms with Crippen LogP contribution in [0.15, 0.2) is 53.9 Å². The Labute approximate surface area is 157 Å². The van der Waals surface area contributed by atoms with Crippen LogP contribution in [0.2, 0.25) is 0 Å². The average Bonchev–Trinajstić information content (AvgIpc) is 3.12. The maximum absolute atomic E-state index is 12.3. The monoisotopic (exact) mass is 366 g/mol. The molecule has 3 rings (SSSR count). The fourth-order valence-corrected chi connectivity index (χ4v) is 3.31. The second-order valence-corrected chi connectivity index (χ2v) is 6.87. The third-order valence-electron chi connectivity index (χ3n) is 3.96. The van der Waals surface area contributed by atoms with Crippen molar-refractivity contribution in [2.45, 2.75) is 27.0 Å². The molecule has 0 unspecified atom stereocenters. The third kappa shape index (κ3) is 4.77. The normalized spacial score (nSPS) is 10.7. The van der Waals surface area contributed by atoms with Gasteiger partial charge in [-0.25, -0.2) is 4.98 Å². The summed E-state index contributed by atoms with van der Waals surface area (Å²) in [6.45, 7) is 5.79. The fraction of sp³-hybridized carbons (Fsp3) is 0.238. The van der Waals surface area contributed by atoms with E-state index in [9.17, 15) is 4.79 Å². The van der Waals surface area contributed by atoms with E-state index < -0.39 is 0 Å². The summed E-state index contributed by atoms with van der Waals surface area (Å²) in [5.41, 5.74) is 4.89. The lowest BCUT2D eigenvalue weighted by Crippen LogP contribution is -2.22. The highest BCUT2D eigenvalue weighted by Crippen LogP contribution is 2.23. The van der Waals surface area contributed by atoms with Crippen molar-refractivity contribution in [1.82, 2.24) is 10.3 Å². The van der Waals surface area contributed by atoms with Gasteiger partial charge in [-0.05, 0) is 37.1 Å². The highest BCUT2D eigenvalue weighted by Gasteiger charge is 2.07. The molecule has 0 saturated carbocycles. The van der Waals surface area contributed by atoms with Crippen molar-refractivity contribution in [3.63, 3.8) is 0 Å². The second kappa shape index (κ2) is 8.74. The van der Waals surface area contributed by atoms with E-state index in [1.54, 1.807) is 11.3 Å². The summed E-state index contributed by atoms with van der Waals surface area (Å²) >= 11 is 1.61. The first-order valence-corrected chi connectivity index (χ1v) is 9.50. The molecule has 1 N–H and O–H groups in total. The molecule has 2 aromatic carbocycles. The first-order valence-electron chi connectivity index (χ1n) is 8.62. The van der Waals surface area contributed by atoms with Crippen LogP contribution in [0.25, 0.3) is 10.6 Å². The van der Waals surface area contributed by atoms with E-state index in [4.69, 9.17) is 4.74 Å². The van der Waals surface area contributed by atoms with Crippen molar-refractivity contribution in [3.8, 4) is 10.6 Å². The molecule has 0 spiro atoms. The van der Waals surface area contributed by atoms with Crippen LogP contribution in [0.1, 0.15) is 34.1 Å². The Bertz CT molecular complexity index is 854. The molecule has 26 heavy (non-hydrogen) atoms. The van der Waals surface area contributed by atoms with E-state index in [1.807, 2.05) is 67.8 Å². The van der Waals surface area contributed by atoms with Gasteiger partial charge in [0.1, 0.15) is 5.01 Å². The Hall–Kier alpha value is -2.50. The Balaban J connectivity index is 1.56. The predicted molar refractivity (Wildman–Crippen MR) is 105 cm³/mol. The van der Waals surface area contributed by atoms with Gasteiger partial charge in [0.15, 0.2) is 0 Å². The summed E-state index contributed by atoms with van der Waals surface area (Å²) in [5, 5.41) is 5.96. The zero-order valence-electron chi connectivity index (χ0n) is 15.0. The van der Waals surface area contributed by atoms with Crippen LogP contribution < -0.4 is 5.32 Å². The summed E-state index contributed by atoms with van der Waals surface area (Å²) in [6.07, 6.45) is 0. The van der Waals surface area contributed by atoms with E-state index >= 15 is 0 Å². The van der Waals surface area contributed by atoms with Gasteiger partial charge in [0.25, 0.3) is 5.91 Å². The highest BCUT2D eigenvalue weighted by molar-refractivity contribution is 7.13. The summed E-state index contributed by atoms with van der Waals surface area (Å²) in [5.74, 6) is -0.0785. The number of carbonyl (C=O) groups is 1. The minimum Gasteiger partial charge on any atom is -0.377 e.